The van der Waals surface area contributed by atoms with Gasteiger partial charge in [0.15, 0.2) is 0 Å². The van der Waals surface area contributed by atoms with E-state index in [9.17, 15) is 13.2 Å². The van der Waals surface area contributed by atoms with E-state index in [4.69, 9.17) is 0 Å². The second-order valence-electron chi connectivity index (χ2n) is 6.99. The number of fused-ring (bicyclic) bond motifs is 1. The van der Waals surface area contributed by atoms with Gasteiger partial charge in [-0.3, -0.25) is 4.79 Å². The lowest BCUT2D eigenvalue weighted by molar-refractivity contribution is -0.117. The molecule has 1 amide bonds. The minimum absolute atomic E-state index is 0.0253. The quantitative estimate of drug-likeness (QED) is 0.893. The lowest BCUT2D eigenvalue weighted by Gasteiger charge is -2.25. The minimum atomic E-state index is -3.64. The first-order valence-electron chi connectivity index (χ1n) is 8.15. The predicted molar refractivity (Wildman–Crippen MR) is 98.2 cm³/mol. The number of nitrogens with zero attached hydrogens (tertiary/aromatic N) is 1. The van der Waals surface area contributed by atoms with Crippen molar-refractivity contribution in [3.05, 3.63) is 59.7 Å². The van der Waals surface area contributed by atoms with Crippen molar-refractivity contribution in [2.45, 2.75) is 30.6 Å². The van der Waals surface area contributed by atoms with Gasteiger partial charge in [0, 0.05) is 24.7 Å². The molecule has 1 heterocycles. The fourth-order valence-electron chi connectivity index (χ4n) is 2.96. The van der Waals surface area contributed by atoms with Gasteiger partial charge in [0.1, 0.15) is 0 Å². The van der Waals surface area contributed by atoms with Crippen molar-refractivity contribution in [3.8, 4) is 0 Å². The van der Waals surface area contributed by atoms with Gasteiger partial charge in [-0.05, 0) is 29.3 Å². The Hall–Kier alpha value is -2.18. The number of nitrogens with one attached hydrogen (secondary N) is 1. The Morgan fingerprint density at radius 1 is 1.12 bits per heavy atom. The van der Waals surface area contributed by atoms with Crippen molar-refractivity contribution in [2.75, 3.05) is 18.5 Å². The molecule has 1 aliphatic heterocycles. The fraction of sp³-hybridized carbons (Fsp3) is 0.316. The van der Waals surface area contributed by atoms with Crippen molar-refractivity contribution in [1.29, 1.82) is 0 Å². The van der Waals surface area contributed by atoms with E-state index in [0.29, 0.717) is 0 Å². The van der Waals surface area contributed by atoms with Crippen LogP contribution in [0.4, 0.5) is 5.69 Å². The number of hydrogen-bond acceptors (Lipinski definition) is 3. The summed E-state index contributed by atoms with van der Waals surface area (Å²) in [6, 6.07) is 14.6. The summed E-state index contributed by atoms with van der Waals surface area (Å²) in [4.78, 5) is 13.5. The van der Waals surface area contributed by atoms with Crippen molar-refractivity contribution >= 4 is 21.6 Å². The highest BCUT2D eigenvalue weighted by Crippen LogP contribution is 2.30. The van der Waals surface area contributed by atoms with Gasteiger partial charge in [-0.15, -0.1) is 0 Å². The number of benzene rings is 2. The van der Waals surface area contributed by atoms with Crippen LogP contribution in [0.2, 0.25) is 0 Å². The van der Waals surface area contributed by atoms with Gasteiger partial charge < -0.3 is 4.90 Å². The lowest BCUT2D eigenvalue weighted by atomic mass is 9.85. The Labute approximate surface area is 148 Å². The molecule has 6 heteroatoms. The van der Waals surface area contributed by atoms with E-state index in [1.54, 1.807) is 30.1 Å². The zero-order chi connectivity index (χ0) is 18.2. The van der Waals surface area contributed by atoms with Crippen LogP contribution in [0.25, 0.3) is 0 Å². The second kappa shape index (κ2) is 6.28. The maximum absolute atomic E-state index is 12.7. The average molecular weight is 358 g/mol. The maximum atomic E-state index is 12.7. The van der Waals surface area contributed by atoms with Crippen LogP contribution in [-0.2, 0) is 26.7 Å². The molecule has 0 unspecified atom stereocenters. The lowest BCUT2D eigenvalue weighted by Crippen LogP contribution is -2.36. The van der Waals surface area contributed by atoms with E-state index in [0.717, 1.165) is 16.8 Å². The first-order chi connectivity index (χ1) is 11.7. The van der Waals surface area contributed by atoms with Crippen molar-refractivity contribution < 1.29 is 13.2 Å². The number of hydrogen-bond donors (Lipinski definition) is 1. The highest BCUT2D eigenvalue weighted by atomic mass is 32.2. The molecule has 0 aromatic heterocycles. The molecule has 0 spiro atoms. The highest BCUT2D eigenvalue weighted by Gasteiger charge is 2.28. The van der Waals surface area contributed by atoms with Crippen molar-refractivity contribution in [3.63, 3.8) is 0 Å². The van der Waals surface area contributed by atoms with E-state index in [1.807, 2.05) is 44.2 Å². The molecule has 25 heavy (non-hydrogen) atoms. The number of rotatable bonds is 5. The molecule has 0 bridgehead atoms. The molecule has 132 valence electrons. The molecule has 0 saturated carbocycles. The first-order valence-corrected chi connectivity index (χ1v) is 9.64. The number of carbonyl (C=O) groups is 1. The average Bonchev–Trinajstić information content (AvgIpc) is 2.88. The molecule has 5 nitrogen and oxygen atoms in total. The van der Waals surface area contributed by atoms with Gasteiger partial charge in [-0.1, -0.05) is 44.2 Å². The van der Waals surface area contributed by atoms with Crippen LogP contribution in [0.1, 0.15) is 25.0 Å². The smallest absolute Gasteiger partial charge is 0.240 e. The number of anilines is 1. The van der Waals surface area contributed by atoms with Crippen LogP contribution >= 0.6 is 0 Å². The first kappa shape index (κ1) is 17.6. The molecule has 2 aromatic carbocycles. The Morgan fingerprint density at radius 2 is 1.80 bits per heavy atom. The zero-order valence-electron chi connectivity index (χ0n) is 14.6. The molecule has 0 aliphatic carbocycles. The maximum Gasteiger partial charge on any atom is 0.240 e. The third kappa shape index (κ3) is 3.45. The Morgan fingerprint density at radius 3 is 2.48 bits per heavy atom. The van der Waals surface area contributed by atoms with E-state index >= 15 is 0 Å². The third-order valence-corrected chi connectivity index (χ3v) is 6.10. The minimum Gasteiger partial charge on any atom is -0.315 e. The molecular weight excluding hydrogens is 336 g/mol. The number of likely N-dealkylation sites (N-methyl/N-ethyl adjacent to an activating group) is 1. The van der Waals surface area contributed by atoms with Gasteiger partial charge in [-0.2, -0.15) is 0 Å². The monoisotopic (exact) mass is 358 g/mol. The normalized spacial score (nSPS) is 14.7. The van der Waals surface area contributed by atoms with Gasteiger partial charge in [0.2, 0.25) is 15.9 Å². The molecule has 0 radical (unpaired) electrons. The Bertz CT molecular complexity index is 906. The van der Waals surface area contributed by atoms with Gasteiger partial charge in [0.05, 0.1) is 11.3 Å². The third-order valence-electron chi connectivity index (χ3n) is 4.70. The second-order valence-corrected chi connectivity index (χ2v) is 8.76. The number of sulfonamides is 1. The largest absolute Gasteiger partial charge is 0.315 e. The molecular formula is C19H22N2O3S. The number of amides is 1. The molecule has 1 N–H and O–H groups in total. The van der Waals surface area contributed by atoms with Gasteiger partial charge in [0.25, 0.3) is 0 Å². The fourth-order valence-corrected chi connectivity index (χ4v) is 4.23. The van der Waals surface area contributed by atoms with E-state index in [-0.39, 0.29) is 29.2 Å². The Balaban J connectivity index is 1.79. The SMILES string of the molecule is CN1C(=O)Cc2cc(S(=O)(=O)NCC(C)(C)c3ccccc3)ccc21. The van der Waals surface area contributed by atoms with Crippen LogP contribution in [0, 0.1) is 0 Å². The molecule has 3 rings (SSSR count). The van der Waals surface area contributed by atoms with Crippen LogP contribution in [-0.4, -0.2) is 27.9 Å². The summed E-state index contributed by atoms with van der Waals surface area (Å²) in [5, 5.41) is 0. The van der Waals surface area contributed by atoms with Crippen LogP contribution in [0.3, 0.4) is 0 Å². The molecule has 2 aromatic rings. The number of carbonyl (C=O) groups excluding carboxylic acids is 1. The molecule has 0 saturated heterocycles. The summed E-state index contributed by atoms with van der Waals surface area (Å²) in [7, 11) is -1.94. The van der Waals surface area contributed by atoms with Crippen molar-refractivity contribution in [1.82, 2.24) is 4.72 Å². The van der Waals surface area contributed by atoms with E-state index < -0.39 is 10.0 Å². The summed E-state index contributed by atoms with van der Waals surface area (Å²) >= 11 is 0. The van der Waals surface area contributed by atoms with Crippen LogP contribution in [0.5, 0.6) is 0 Å². The highest BCUT2D eigenvalue weighted by molar-refractivity contribution is 7.89. The summed E-state index contributed by atoms with van der Waals surface area (Å²) in [6.45, 7) is 4.29. The van der Waals surface area contributed by atoms with E-state index in [1.165, 1.54) is 0 Å². The Kier molecular flexibility index (Phi) is 4.43. The summed E-state index contributed by atoms with van der Waals surface area (Å²) in [6.07, 6.45) is 0.241. The summed E-state index contributed by atoms with van der Waals surface area (Å²) < 4.78 is 28.0. The molecule has 0 atom stereocenters. The topological polar surface area (TPSA) is 66.5 Å². The summed E-state index contributed by atoms with van der Waals surface area (Å²) in [5.41, 5.74) is 2.26. The van der Waals surface area contributed by atoms with Crippen molar-refractivity contribution in [2.24, 2.45) is 0 Å². The van der Waals surface area contributed by atoms with Gasteiger partial charge >= 0.3 is 0 Å². The zero-order valence-corrected chi connectivity index (χ0v) is 15.4. The van der Waals surface area contributed by atoms with E-state index in [2.05, 4.69) is 4.72 Å². The standard InChI is InChI=1S/C19H22N2O3S/c1-19(2,15-7-5-4-6-8-15)13-20-25(23,24)16-9-10-17-14(11-16)12-18(22)21(17)3/h4-11,20H,12-13H2,1-3H3. The van der Waals surface area contributed by atoms with Crippen LogP contribution in [0.15, 0.2) is 53.4 Å². The van der Waals surface area contributed by atoms with Crippen LogP contribution < -0.4 is 9.62 Å². The molecule has 0 fully saturated rings. The van der Waals surface area contributed by atoms with Gasteiger partial charge in [-0.25, -0.2) is 13.1 Å². The summed E-state index contributed by atoms with van der Waals surface area (Å²) in [5.74, 6) is -0.0253. The predicted octanol–water partition coefficient (Wildman–Crippen LogP) is 2.46. The molecule has 1 aliphatic rings.